The van der Waals surface area contributed by atoms with Crippen molar-refractivity contribution in [3.05, 3.63) is 29.6 Å². The van der Waals surface area contributed by atoms with Crippen LogP contribution in [0.2, 0.25) is 0 Å². The zero-order valence-corrected chi connectivity index (χ0v) is 12.6. The summed E-state index contributed by atoms with van der Waals surface area (Å²) in [5.74, 6) is 0.411. The summed E-state index contributed by atoms with van der Waals surface area (Å²) < 4.78 is 0. The Morgan fingerprint density at radius 2 is 1.78 bits per heavy atom. The molecule has 0 spiro atoms. The lowest BCUT2D eigenvalue weighted by molar-refractivity contribution is 0.222. The molecule has 1 rings (SSSR count). The average molecular weight is 249 g/mol. The van der Waals surface area contributed by atoms with Crippen LogP contribution in [0.3, 0.4) is 0 Å². The molecule has 0 saturated carbocycles. The van der Waals surface area contributed by atoms with Crippen LogP contribution in [0.4, 0.5) is 0 Å². The van der Waals surface area contributed by atoms with Crippen molar-refractivity contribution in [2.45, 2.75) is 60.5 Å². The normalized spacial score (nSPS) is 14.6. The van der Waals surface area contributed by atoms with Crippen molar-refractivity contribution in [1.29, 1.82) is 0 Å². The summed E-state index contributed by atoms with van der Waals surface area (Å²) in [6, 6.07) is 1.93. The highest BCUT2D eigenvalue weighted by atomic mass is 16.3. The molecule has 2 heteroatoms. The Hall–Kier alpha value is -0.890. The van der Waals surface area contributed by atoms with Crippen molar-refractivity contribution in [1.82, 2.24) is 4.98 Å². The highest BCUT2D eigenvalue weighted by Gasteiger charge is 2.31. The Kier molecular flexibility index (Phi) is 4.55. The van der Waals surface area contributed by atoms with Crippen LogP contribution in [0.1, 0.15) is 65.0 Å². The number of pyridine rings is 1. The lowest BCUT2D eigenvalue weighted by Gasteiger charge is -2.36. The van der Waals surface area contributed by atoms with E-state index in [1.54, 1.807) is 6.20 Å². The van der Waals surface area contributed by atoms with Gasteiger partial charge in [-0.1, -0.05) is 41.5 Å². The second-order valence-corrected chi connectivity index (χ2v) is 7.42. The van der Waals surface area contributed by atoms with E-state index in [1.807, 2.05) is 12.3 Å². The van der Waals surface area contributed by atoms with Crippen molar-refractivity contribution < 1.29 is 5.11 Å². The van der Waals surface area contributed by atoms with Gasteiger partial charge in [0.25, 0.3) is 0 Å². The van der Waals surface area contributed by atoms with Gasteiger partial charge in [-0.15, -0.1) is 0 Å². The lowest BCUT2D eigenvalue weighted by atomic mass is 9.68. The summed E-state index contributed by atoms with van der Waals surface area (Å²) in [5, 5.41) is 9.50. The molecule has 1 aromatic heterocycles. The molecule has 18 heavy (non-hydrogen) atoms. The van der Waals surface area contributed by atoms with Gasteiger partial charge in [-0.05, 0) is 40.4 Å². The van der Waals surface area contributed by atoms with Crippen LogP contribution >= 0.6 is 0 Å². The first kappa shape index (κ1) is 15.2. The molecular weight excluding hydrogens is 222 g/mol. The quantitative estimate of drug-likeness (QED) is 0.873. The predicted molar refractivity (Wildman–Crippen MR) is 76.4 cm³/mol. The zero-order chi connectivity index (χ0) is 14.0. The maximum atomic E-state index is 9.50. The van der Waals surface area contributed by atoms with Crippen LogP contribution in [0.5, 0.6) is 0 Å². The fourth-order valence-corrected chi connectivity index (χ4v) is 2.39. The maximum absolute atomic E-state index is 9.50. The van der Waals surface area contributed by atoms with Gasteiger partial charge in [0.05, 0.1) is 6.61 Å². The molecule has 102 valence electrons. The van der Waals surface area contributed by atoms with E-state index in [2.05, 4.69) is 46.5 Å². The van der Waals surface area contributed by atoms with Gasteiger partial charge in [-0.3, -0.25) is 4.98 Å². The third kappa shape index (κ3) is 4.09. The molecule has 1 unspecified atom stereocenters. The van der Waals surface area contributed by atoms with Crippen molar-refractivity contribution in [3.8, 4) is 0 Å². The van der Waals surface area contributed by atoms with Crippen molar-refractivity contribution in [2.24, 2.45) is 10.8 Å². The van der Waals surface area contributed by atoms with Crippen LogP contribution in [0, 0.1) is 10.8 Å². The summed E-state index contributed by atoms with van der Waals surface area (Å²) in [6.07, 6.45) is 4.77. The van der Waals surface area contributed by atoms with Gasteiger partial charge >= 0.3 is 0 Å². The molecule has 1 N–H and O–H groups in total. The summed E-state index contributed by atoms with van der Waals surface area (Å²) >= 11 is 0. The van der Waals surface area contributed by atoms with E-state index in [4.69, 9.17) is 0 Å². The van der Waals surface area contributed by atoms with E-state index >= 15 is 0 Å². The number of hydrogen-bond donors (Lipinski definition) is 1. The molecule has 0 aliphatic carbocycles. The van der Waals surface area contributed by atoms with Gasteiger partial charge < -0.3 is 5.11 Å². The third-order valence-corrected chi connectivity index (χ3v) is 3.35. The Balaban J connectivity index is 3.18. The minimum atomic E-state index is 0.0918. The molecule has 2 nitrogen and oxygen atoms in total. The Bertz CT molecular complexity index is 385. The van der Waals surface area contributed by atoms with Crippen LogP contribution in [0.15, 0.2) is 18.5 Å². The lowest BCUT2D eigenvalue weighted by Crippen LogP contribution is -2.25. The highest BCUT2D eigenvalue weighted by Crippen LogP contribution is 2.43. The second-order valence-electron chi connectivity index (χ2n) is 7.42. The number of aromatic nitrogens is 1. The largest absolute Gasteiger partial charge is 0.392 e. The molecule has 1 aromatic rings. The average Bonchev–Trinajstić information content (AvgIpc) is 2.23. The fourth-order valence-electron chi connectivity index (χ4n) is 2.39. The van der Waals surface area contributed by atoms with Gasteiger partial charge in [0.15, 0.2) is 0 Å². The van der Waals surface area contributed by atoms with Crippen LogP contribution in [-0.2, 0) is 6.61 Å². The summed E-state index contributed by atoms with van der Waals surface area (Å²) in [7, 11) is 0. The monoisotopic (exact) mass is 249 g/mol. The Morgan fingerprint density at radius 3 is 2.22 bits per heavy atom. The minimum absolute atomic E-state index is 0.0918. The third-order valence-electron chi connectivity index (χ3n) is 3.35. The molecule has 0 radical (unpaired) electrons. The van der Waals surface area contributed by atoms with E-state index in [9.17, 15) is 5.11 Å². The molecule has 0 aliphatic heterocycles. The van der Waals surface area contributed by atoms with E-state index < -0.39 is 0 Å². The number of hydrogen-bond acceptors (Lipinski definition) is 2. The van der Waals surface area contributed by atoms with E-state index in [0.29, 0.717) is 5.92 Å². The van der Waals surface area contributed by atoms with Gasteiger partial charge in [0.1, 0.15) is 0 Å². The summed E-state index contributed by atoms with van der Waals surface area (Å²) in [4.78, 5) is 4.25. The van der Waals surface area contributed by atoms with E-state index in [0.717, 1.165) is 12.0 Å². The summed E-state index contributed by atoms with van der Waals surface area (Å²) in [6.45, 7) is 13.7. The first-order valence-electron chi connectivity index (χ1n) is 6.69. The standard InChI is InChI=1S/C16H27NO/c1-15(2,3)9-14(16(4,5)6)13-10-17-8-7-12(13)11-18/h7-8,10,14,18H,9,11H2,1-6H3. The number of rotatable bonds is 3. The molecule has 0 amide bonds. The smallest absolute Gasteiger partial charge is 0.0685 e. The second kappa shape index (κ2) is 5.40. The van der Waals surface area contributed by atoms with Crippen LogP contribution in [-0.4, -0.2) is 10.1 Å². The van der Waals surface area contributed by atoms with Gasteiger partial charge in [0, 0.05) is 12.4 Å². The first-order valence-corrected chi connectivity index (χ1v) is 6.69. The molecule has 0 aliphatic rings. The molecule has 0 saturated heterocycles. The number of aliphatic hydroxyl groups excluding tert-OH is 1. The predicted octanol–water partition coefficient (Wildman–Crippen LogP) is 4.14. The topological polar surface area (TPSA) is 33.1 Å². The first-order chi connectivity index (χ1) is 8.15. The summed E-state index contributed by atoms with van der Waals surface area (Å²) in [5.41, 5.74) is 2.64. The van der Waals surface area contributed by atoms with Gasteiger partial charge in [-0.2, -0.15) is 0 Å². The van der Waals surface area contributed by atoms with Gasteiger partial charge in [-0.25, -0.2) is 0 Å². The Labute approximate surface area is 111 Å². The molecule has 0 bridgehead atoms. The van der Waals surface area contributed by atoms with Crippen molar-refractivity contribution in [3.63, 3.8) is 0 Å². The van der Waals surface area contributed by atoms with Gasteiger partial charge in [0.2, 0.25) is 0 Å². The van der Waals surface area contributed by atoms with E-state index in [-0.39, 0.29) is 17.4 Å². The zero-order valence-electron chi connectivity index (χ0n) is 12.6. The molecular formula is C16H27NO. The van der Waals surface area contributed by atoms with E-state index in [1.165, 1.54) is 5.56 Å². The molecule has 0 fully saturated rings. The minimum Gasteiger partial charge on any atom is -0.392 e. The van der Waals surface area contributed by atoms with Crippen molar-refractivity contribution >= 4 is 0 Å². The molecule has 0 aromatic carbocycles. The molecule has 1 heterocycles. The van der Waals surface area contributed by atoms with Crippen LogP contribution in [0.25, 0.3) is 0 Å². The van der Waals surface area contributed by atoms with Crippen molar-refractivity contribution in [2.75, 3.05) is 0 Å². The molecule has 1 atom stereocenters. The SMILES string of the molecule is CC(C)(C)CC(c1cnccc1CO)C(C)(C)C. The maximum Gasteiger partial charge on any atom is 0.0685 e. The Morgan fingerprint density at radius 1 is 1.17 bits per heavy atom. The number of nitrogens with zero attached hydrogens (tertiary/aromatic N) is 1. The fraction of sp³-hybridized carbons (Fsp3) is 0.688. The number of aliphatic hydroxyl groups is 1. The highest BCUT2D eigenvalue weighted by molar-refractivity contribution is 5.28. The van der Waals surface area contributed by atoms with Crippen LogP contribution < -0.4 is 0 Å².